The van der Waals surface area contributed by atoms with Crippen LogP contribution in [-0.2, 0) is 9.59 Å². The molecule has 1 atom stereocenters. The molecular weight excluding hydrogens is 254 g/mol. The van der Waals surface area contributed by atoms with Crippen molar-refractivity contribution in [3.63, 3.8) is 0 Å². The minimum atomic E-state index is -1.14. The third-order valence-corrected chi connectivity index (χ3v) is 2.91. The van der Waals surface area contributed by atoms with Crippen LogP contribution < -0.4 is 10.4 Å². The molecule has 0 bridgehead atoms. The van der Waals surface area contributed by atoms with Crippen molar-refractivity contribution >= 4 is 29.2 Å². The van der Waals surface area contributed by atoms with E-state index >= 15 is 0 Å². The third-order valence-electron chi connectivity index (χ3n) is 2.50. The zero-order chi connectivity index (χ0) is 13.7. The Morgan fingerprint density at radius 1 is 1.39 bits per heavy atom. The van der Waals surface area contributed by atoms with Crippen LogP contribution in [0, 0.1) is 12.8 Å². The summed E-state index contributed by atoms with van der Waals surface area (Å²) in [7, 11) is 0. The van der Waals surface area contributed by atoms with Crippen LogP contribution in [0.3, 0.4) is 0 Å². The average Bonchev–Trinajstić information content (AvgIpc) is 2.21. The molecule has 0 aliphatic rings. The predicted molar refractivity (Wildman–Crippen MR) is 68.2 cm³/mol. The van der Waals surface area contributed by atoms with E-state index in [-0.39, 0.29) is 24.7 Å². The SMILES string of the molecule is Cc1ccc(NC(=O)C[C@H](C)CC(=O)[O-])cc1Cl. The van der Waals surface area contributed by atoms with Gasteiger partial charge < -0.3 is 15.2 Å². The third kappa shape index (κ3) is 4.75. The highest BCUT2D eigenvalue weighted by atomic mass is 35.5. The number of carbonyl (C=O) groups is 2. The number of anilines is 1. The highest BCUT2D eigenvalue weighted by Crippen LogP contribution is 2.20. The molecule has 4 nitrogen and oxygen atoms in total. The Labute approximate surface area is 111 Å². The van der Waals surface area contributed by atoms with Crippen LogP contribution in [0.25, 0.3) is 0 Å². The van der Waals surface area contributed by atoms with Gasteiger partial charge in [0, 0.05) is 23.1 Å². The Morgan fingerprint density at radius 2 is 2.06 bits per heavy atom. The summed E-state index contributed by atoms with van der Waals surface area (Å²) < 4.78 is 0. The Morgan fingerprint density at radius 3 is 2.61 bits per heavy atom. The fourth-order valence-electron chi connectivity index (χ4n) is 1.56. The van der Waals surface area contributed by atoms with E-state index in [0.717, 1.165) is 5.56 Å². The molecule has 1 rings (SSSR count). The molecule has 5 heteroatoms. The number of nitrogens with one attached hydrogen (secondary N) is 1. The number of aryl methyl sites for hydroxylation is 1. The molecule has 0 aliphatic heterocycles. The van der Waals surface area contributed by atoms with Crippen molar-refractivity contribution in [1.82, 2.24) is 0 Å². The summed E-state index contributed by atoms with van der Waals surface area (Å²) in [6.07, 6.45) is 0.0154. The predicted octanol–water partition coefficient (Wildman–Crippen LogP) is 1.75. The number of amides is 1. The summed E-state index contributed by atoms with van der Waals surface area (Å²) in [6, 6.07) is 5.23. The van der Waals surface area contributed by atoms with Gasteiger partial charge in [0.25, 0.3) is 0 Å². The van der Waals surface area contributed by atoms with Crippen molar-refractivity contribution < 1.29 is 14.7 Å². The minimum Gasteiger partial charge on any atom is -0.550 e. The van der Waals surface area contributed by atoms with E-state index in [9.17, 15) is 14.7 Å². The summed E-state index contributed by atoms with van der Waals surface area (Å²) in [5, 5.41) is 13.6. The second kappa shape index (κ2) is 6.40. The smallest absolute Gasteiger partial charge is 0.224 e. The lowest BCUT2D eigenvalue weighted by molar-refractivity contribution is -0.306. The molecule has 18 heavy (non-hydrogen) atoms. The summed E-state index contributed by atoms with van der Waals surface area (Å²) in [5.41, 5.74) is 1.54. The van der Waals surface area contributed by atoms with Crippen LogP contribution in [0.1, 0.15) is 25.3 Å². The molecule has 0 saturated carbocycles. The Hall–Kier alpha value is -1.55. The fourth-order valence-corrected chi connectivity index (χ4v) is 1.74. The molecule has 0 radical (unpaired) electrons. The van der Waals surface area contributed by atoms with Gasteiger partial charge in [-0.1, -0.05) is 24.6 Å². The molecule has 1 aromatic rings. The molecule has 0 aromatic heterocycles. The Bertz CT molecular complexity index is 460. The van der Waals surface area contributed by atoms with Crippen LogP contribution in [0.4, 0.5) is 5.69 Å². The van der Waals surface area contributed by atoms with Crippen molar-refractivity contribution in [3.05, 3.63) is 28.8 Å². The standard InChI is InChI=1S/C13H16ClNO3/c1-8(6-13(17)18)5-12(16)15-10-4-3-9(2)11(14)7-10/h3-4,7-8H,5-6H2,1-2H3,(H,15,16)(H,17,18)/p-1/t8-/m0/s1. The summed E-state index contributed by atoms with van der Waals surface area (Å²) in [4.78, 5) is 22.0. The van der Waals surface area contributed by atoms with Crippen LogP contribution >= 0.6 is 11.6 Å². The number of rotatable bonds is 5. The zero-order valence-corrected chi connectivity index (χ0v) is 11.1. The number of hydrogen-bond donors (Lipinski definition) is 1. The monoisotopic (exact) mass is 268 g/mol. The summed E-state index contributed by atoms with van der Waals surface area (Å²) in [5.74, 6) is -1.63. The first-order chi connectivity index (χ1) is 8.38. The van der Waals surface area contributed by atoms with Crippen molar-refractivity contribution in [2.75, 3.05) is 5.32 Å². The number of carboxylic acids is 1. The van der Waals surface area contributed by atoms with Crippen molar-refractivity contribution in [1.29, 1.82) is 0 Å². The maximum absolute atomic E-state index is 11.6. The lowest BCUT2D eigenvalue weighted by Crippen LogP contribution is -2.26. The molecule has 0 heterocycles. The number of benzene rings is 1. The number of aliphatic carboxylic acids is 1. The number of hydrogen-bond acceptors (Lipinski definition) is 3. The molecule has 0 fully saturated rings. The summed E-state index contributed by atoms with van der Waals surface area (Å²) in [6.45, 7) is 3.56. The van der Waals surface area contributed by atoms with Crippen LogP contribution in [0.2, 0.25) is 5.02 Å². The molecule has 0 saturated heterocycles. The lowest BCUT2D eigenvalue weighted by Gasteiger charge is -2.12. The van der Waals surface area contributed by atoms with Gasteiger partial charge in [0.15, 0.2) is 0 Å². The number of carbonyl (C=O) groups excluding carboxylic acids is 2. The maximum Gasteiger partial charge on any atom is 0.224 e. The molecule has 0 aliphatic carbocycles. The topological polar surface area (TPSA) is 69.2 Å². The van der Waals surface area contributed by atoms with Gasteiger partial charge in [-0.3, -0.25) is 4.79 Å². The Balaban J connectivity index is 2.54. The minimum absolute atomic E-state index is 0.123. The molecule has 0 spiro atoms. The van der Waals surface area contributed by atoms with Crippen molar-refractivity contribution in [3.8, 4) is 0 Å². The summed E-state index contributed by atoms with van der Waals surface area (Å²) >= 11 is 5.93. The van der Waals surface area contributed by atoms with Gasteiger partial charge in [-0.2, -0.15) is 0 Å². The quantitative estimate of drug-likeness (QED) is 0.885. The van der Waals surface area contributed by atoms with E-state index in [1.165, 1.54) is 0 Å². The molecule has 98 valence electrons. The van der Waals surface area contributed by atoms with Gasteiger partial charge in [-0.25, -0.2) is 0 Å². The number of halogens is 1. The van der Waals surface area contributed by atoms with Crippen molar-refractivity contribution in [2.24, 2.45) is 5.92 Å². The highest BCUT2D eigenvalue weighted by Gasteiger charge is 2.10. The molecular formula is C13H15ClNO3-. The lowest BCUT2D eigenvalue weighted by atomic mass is 10.0. The van der Waals surface area contributed by atoms with Gasteiger partial charge in [-0.15, -0.1) is 0 Å². The fraction of sp³-hybridized carbons (Fsp3) is 0.385. The van der Waals surface area contributed by atoms with Crippen molar-refractivity contribution in [2.45, 2.75) is 26.7 Å². The molecule has 1 amide bonds. The molecule has 0 unspecified atom stereocenters. The van der Waals surface area contributed by atoms with E-state index in [1.807, 2.05) is 13.0 Å². The van der Waals surface area contributed by atoms with Gasteiger partial charge in [0.2, 0.25) is 5.91 Å². The van der Waals surface area contributed by atoms with E-state index in [2.05, 4.69) is 5.32 Å². The van der Waals surface area contributed by atoms with Gasteiger partial charge >= 0.3 is 0 Å². The van der Waals surface area contributed by atoms with Gasteiger partial charge in [0.1, 0.15) is 0 Å². The first-order valence-corrected chi connectivity index (χ1v) is 6.02. The average molecular weight is 269 g/mol. The van der Waals surface area contributed by atoms with E-state index in [1.54, 1.807) is 19.1 Å². The maximum atomic E-state index is 11.6. The van der Waals surface area contributed by atoms with Crippen LogP contribution in [0.15, 0.2) is 18.2 Å². The van der Waals surface area contributed by atoms with E-state index < -0.39 is 5.97 Å². The van der Waals surface area contributed by atoms with Crippen LogP contribution in [0.5, 0.6) is 0 Å². The first-order valence-electron chi connectivity index (χ1n) is 5.64. The molecule has 1 aromatic carbocycles. The molecule has 1 N–H and O–H groups in total. The Kier molecular flexibility index (Phi) is 5.16. The second-order valence-corrected chi connectivity index (χ2v) is 4.80. The first kappa shape index (κ1) is 14.5. The normalized spacial score (nSPS) is 11.9. The number of carboxylic acid groups (broad SMARTS) is 1. The van der Waals surface area contributed by atoms with E-state index in [0.29, 0.717) is 10.7 Å². The van der Waals surface area contributed by atoms with E-state index in [4.69, 9.17) is 11.6 Å². The van der Waals surface area contributed by atoms with Gasteiger partial charge in [0.05, 0.1) is 0 Å². The highest BCUT2D eigenvalue weighted by molar-refractivity contribution is 6.31. The zero-order valence-electron chi connectivity index (χ0n) is 10.3. The largest absolute Gasteiger partial charge is 0.550 e. The van der Waals surface area contributed by atoms with Gasteiger partial charge in [-0.05, 0) is 37.0 Å². The van der Waals surface area contributed by atoms with Crippen LogP contribution in [-0.4, -0.2) is 11.9 Å². The second-order valence-electron chi connectivity index (χ2n) is 4.40.